The molecule has 0 amide bonds. The zero-order valence-electron chi connectivity index (χ0n) is 10.5. The van der Waals surface area contributed by atoms with Gasteiger partial charge < -0.3 is 10.6 Å². The molecule has 0 saturated carbocycles. The van der Waals surface area contributed by atoms with Crippen LogP contribution >= 0.6 is 0 Å². The van der Waals surface area contributed by atoms with E-state index in [1.54, 1.807) is 6.20 Å². The van der Waals surface area contributed by atoms with Crippen molar-refractivity contribution in [2.24, 2.45) is 5.92 Å². The van der Waals surface area contributed by atoms with E-state index in [1.807, 2.05) is 13.1 Å². The Kier molecular flexibility index (Phi) is 5.61. The van der Waals surface area contributed by atoms with Crippen LogP contribution < -0.4 is 10.6 Å². The Balaban J connectivity index is 2.21. The highest BCUT2D eigenvalue weighted by atomic mass is 15.1. The minimum Gasteiger partial charge on any atom is -0.370 e. The largest absolute Gasteiger partial charge is 0.370 e. The summed E-state index contributed by atoms with van der Waals surface area (Å²) in [6, 6.07) is 1.89. The number of rotatable bonds is 7. The van der Waals surface area contributed by atoms with Gasteiger partial charge in [0.05, 0.1) is 0 Å². The summed E-state index contributed by atoms with van der Waals surface area (Å²) >= 11 is 0. The van der Waals surface area contributed by atoms with Gasteiger partial charge in [0.15, 0.2) is 0 Å². The smallest absolute Gasteiger partial charge is 0.224 e. The van der Waals surface area contributed by atoms with Gasteiger partial charge in [-0.15, -0.1) is 0 Å². The van der Waals surface area contributed by atoms with Gasteiger partial charge in [-0.05, 0) is 18.4 Å². The summed E-state index contributed by atoms with van der Waals surface area (Å²) in [6.45, 7) is 5.50. The lowest BCUT2D eigenvalue weighted by atomic mass is 10.1. The first-order chi connectivity index (χ1) is 7.72. The molecule has 1 heterocycles. The third kappa shape index (κ3) is 4.96. The van der Waals surface area contributed by atoms with Crippen LogP contribution in [0.3, 0.4) is 0 Å². The predicted octanol–water partition coefficient (Wildman–Crippen LogP) is 2.76. The summed E-state index contributed by atoms with van der Waals surface area (Å²) in [6.07, 6.45) is 5.52. The van der Waals surface area contributed by atoms with E-state index in [0.29, 0.717) is 5.95 Å². The van der Waals surface area contributed by atoms with E-state index in [4.69, 9.17) is 0 Å². The number of hydrogen-bond donors (Lipinski definition) is 2. The van der Waals surface area contributed by atoms with Gasteiger partial charge in [0, 0.05) is 19.8 Å². The molecule has 16 heavy (non-hydrogen) atoms. The van der Waals surface area contributed by atoms with Gasteiger partial charge in [0.25, 0.3) is 0 Å². The number of unbranched alkanes of at least 4 members (excludes halogenated alkanes) is 1. The van der Waals surface area contributed by atoms with Gasteiger partial charge in [-0.25, -0.2) is 4.98 Å². The molecule has 0 aromatic carbocycles. The molecule has 90 valence electrons. The second-order valence-electron chi connectivity index (χ2n) is 4.33. The standard InChI is InChI=1S/C12H22N4/c1-10(2)6-4-5-8-14-11-7-9-15-12(13-3)16-11/h7,9-10H,4-6,8H2,1-3H3,(H2,13,14,15,16). The van der Waals surface area contributed by atoms with Gasteiger partial charge >= 0.3 is 0 Å². The van der Waals surface area contributed by atoms with Crippen molar-refractivity contribution in [3.8, 4) is 0 Å². The molecular formula is C12H22N4. The molecule has 0 aliphatic carbocycles. The van der Waals surface area contributed by atoms with E-state index in [9.17, 15) is 0 Å². The Morgan fingerprint density at radius 3 is 2.81 bits per heavy atom. The summed E-state index contributed by atoms with van der Waals surface area (Å²) < 4.78 is 0. The fourth-order valence-corrected chi connectivity index (χ4v) is 1.47. The zero-order valence-corrected chi connectivity index (χ0v) is 10.5. The van der Waals surface area contributed by atoms with Gasteiger partial charge in [-0.3, -0.25) is 0 Å². The summed E-state index contributed by atoms with van der Waals surface area (Å²) in [5.41, 5.74) is 0. The van der Waals surface area contributed by atoms with Crippen LogP contribution in [0.25, 0.3) is 0 Å². The molecule has 0 spiro atoms. The average molecular weight is 222 g/mol. The summed E-state index contributed by atoms with van der Waals surface area (Å²) in [5.74, 6) is 2.35. The fourth-order valence-electron chi connectivity index (χ4n) is 1.47. The molecule has 0 atom stereocenters. The molecule has 0 bridgehead atoms. The van der Waals surface area contributed by atoms with E-state index in [-0.39, 0.29) is 0 Å². The van der Waals surface area contributed by atoms with Crippen LogP contribution in [0.4, 0.5) is 11.8 Å². The van der Waals surface area contributed by atoms with Crippen molar-refractivity contribution in [3.05, 3.63) is 12.3 Å². The van der Waals surface area contributed by atoms with Crippen LogP contribution in [-0.2, 0) is 0 Å². The highest BCUT2D eigenvalue weighted by Gasteiger charge is 1.97. The van der Waals surface area contributed by atoms with Crippen molar-refractivity contribution < 1.29 is 0 Å². The molecule has 0 aliphatic heterocycles. The molecule has 0 aliphatic rings. The lowest BCUT2D eigenvalue weighted by Gasteiger charge is -2.07. The molecule has 0 fully saturated rings. The fraction of sp³-hybridized carbons (Fsp3) is 0.667. The van der Waals surface area contributed by atoms with E-state index >= 15 is 0 Å². The van der Waals surface area contributed by atoms with Crippen molar-refractivity contribution >= 4 is 11.8 Å². The predicted molar refractivity (Wildman–Crippen MR) is 68.8 cm³/mol. The quantitative estimate of drug-likeness (QED) is 0.696. The van der Waals surface area contributed by atoms with Crippen LogP contribution in [0.2, 0.25) is 0 Å². The Morgan fingerprint density at radius 2 is 2.12 bits per heavy atom. The van der Waals surface area contributed by atoms with Crippen LogP contribution in [0.5, 0.6) is 0 Å². The van der Waals surface area contributed by atoms with Crippen LogP contribution in [-0.4, -0.2) is 23.6 Å². The highest BCUT2D eigenvalue weighted by Crippen LogP contribution is 2.08. The Labute approximate surface area is 97.9 Å². The normalized spacial score (nSPS) is 10.5. The summed E-state index contributed by atoms with van der Waals surface area (Å²) in [5, 5.41) is 6.22. The molecule has 1 rings (SSSR count). The number of aromatic nitrogens is 2. The van der Waals surface area contributed by atoms with Crippen molar-refractivity contribution in [2.75, 3.05) is 24.2 Å². The Hall–Kier alpha value is -1.32. The SMILES string of the molecule is CNc1nccc(NCCCCC(C)C)n1. The molecule has 4 heteroatoms. The van der Waals surface area contributed by atoms with Crippen LogP contribution in [0, 0.1) is 5.92 Å². The Morgan fingerprint density at radius 1 is 1.31 bits per heavy atom. The van der Waals surface area contributed by atoms with Crippen molar-refractivity contribution in [2.45, 2.75) is 33.1 Å². The Bertz CT molecular complexity index is 299. The number of hydrogen-bond acceptors (Lipinski definition) is 4. The molecule has 0 unspecified atom stereocenters. The van der Waals surface area contributed by atoms with Crippen molar-refractivity contribution in [1.82, 2.24) is 9.97 Å². The van der Waals surface area contributed by atoms with Gasteiger partial charge in [0.1, 0.15) is 5.82 Å². The lowest BCUT2D eigenvalue weighted by Crippen LogP contribution is -2.05. The maximum Gasteiger partial charge on any atom is 0.224 e. The zero-order chi connectivity index (χ0) is 11.8. The topological polar surface area (TPSA) is 49.8 Å². The third-order valence-corrected chi connectivity index (χ3v) is 2.39. The molecule has 2 N–H and O–H groups in total. The van der Waals surface area contributed by atoms with Crippen molar-refractivity contribution in [3.63, 3.8) is 0 Å². The van der Waals surface area contributed by atoms with E-state index in [2.05, 4.69) is 34.4 Å². The number of nitrogens with zero attached hydrogens (tertiary/aromatic N) is 2. The first kappa shape index (κ1) is 12.7. The second kappa shape index (κ2) is 7.04. The third-order valence-electron chi connectivity index (χ3n) is 2.39. The minimum absolute atomic E-state index is 0.659. The molecule has 0 saturated heterocycles. The number of nitrogens with one attached hydrogen (secondary N) is 2. The second-order valence-corrected chi connectivity index (χ2v) is 4.33. The van der Waals surface area contributed by atoms with Gasteiger partial charge in [0.2, 0.25) is 5.95 Å². The molecular weight excluding hydrogens is 200 g/mol. The molecule has 4 nitrogen and oxygen atoms in total. The lowest BCUT2D eigenvalue weighted by molar-refractivity contribution is 0.544. The summed E-state index contributed by atoms with van der Waals surface area (Å²) in [7, 11) is 1.82. The van der Waals surface area contributed by atoms with Crippen molar-refractivity contribution in [1.29, 1.82) is 0 Å². The molecule has 1 aromatic rings. The van der Waals surface area contributed by atoms with Crippen LogP contribution in [0.1, 0.15) is 33.1 Å². The first-order valence-corrected chi connectivity index (χ1v) is 5.97. The molecule has 1 aromatic heterocycles. The monoisotopic (exact) mass is 222 g/mol. The maximum absolute atomic E-state index is 4.29. The average Bonchev–Trinajstić information content (AvgIpc) is 2.28. The number of anilines is 2. The van der Waals surface area contributed by atoms with E-state index in [0.717, 1.165) is 18.3 Å². The van der Waals surface area contributed by atoms with Gasteiger partial charge in [-0.2, -0.15) is 4.98 Å². The molecule has 0 radical (unpaired) electrons. The summed E-state index contributed by atoms with van der Waals surface area (Å²) in [4.78, 5) is 8.35. The minimum atomic E-state index is 0.659. The van der Waals surface area contributed by atoms with Gasteiger partial charge in [-0.1, -0.05) is 26.7 Å². The van der Waals surface area contributed by atoms with E-state index < -0.39 is 0 Å². The van der Waals surface area contributed by atoms with E-state index in [1.165, 1.54) is 19.3 Å². The maximum atomic E-state index is 4.29. The highest BCUT2D eigenvalue weighted by molar-refractivity contribution is 5.38. The van der Waals surface area contributed by atoms with Crippen LogP contribution in [0.15, 0.2) is 12.3 Å². The first-order valence-electron chi connectivity index (χ1n) is 5.97.